The lowest BCUT2D eigenvalue weighted by molar-refractivity contribution is -0.136. The first-order valence-electron chi connectivity index (χ1n) is 7.83. The minimum absolute atomic E-state index is 0.0356. The molecule has 0 bridgehead atoms. The summed E-state index contributed by atoms with van der Waals surface area (Å²) >= 11 is 0. The van der Waals surface area contributed by atoms with Crippen molar-refractivity contribution in [2.24, 2.45) is 0 Å². The number of ether oxygens (including phenoxy) is 1. The van der Waals surface area contributed by atoms with Gasteiger partial charge in [-0.3, -0.25) is 9.36 Å². The molecule has 2 aromatic rings. The Morgan fingerprint density at radius 2 is 2.13 bits per heavy atom. The van der Waals surface area contributed by atoms with Crippen LogP contribution in [0.4, 0.5) is 0 Å². The average Bonchev–Trinajstić information content (AvgIpc) is 2.97. The molecule has 0 radical (unpaired) electrons. The van der Waals surface area contributed by atoms with Crippen molar-refractivity contribution in [1.29, 1.82) is 0 Å². The van der Waals surface area contributed by atoms with Crippen LogP contribution in [0, 0.1) is 0 Å². The molecule has 7 heteroatoms. The van der Waals surface area contributed by atoms with Crippen LogP contribution >= 0.6 is 0 Å². The second-order valence-corrected chi connectivity index (χ2v) is 5.94. The van der Waals surface area contributed by atoms with Crippen LogP contribution in [0.25, 0.3) is 0 Å². The molecule has 0 saturated heterocycles. The number of carbonyl (C=O) groups is 1. The van der Waals surface area contributed by atoms with E-state index in [1.165, 1.54) is 11.1 Å². The number of carbonyl (C=O) groups excluding carboxylic acids is 1. The summed E-state index contributed by atoms with van der Waals surface area (Å²) in [6, 6.07) is 8.21. The van der Waals surface area contributed by atoms with Crippen molar-refractivity contribution < 1.29 is 9.53 Å². The van der Waals surface area contributed by atoms with Gasteiger partial charge in [0.05, 0.1) is 19.6 Å². The van der Waals surface area contributed by atoms with Crippen LogP contribution in [-0.2, 0) is 29.0 Å². The molecule has 2 aliphatic rings. The first-order chi connectivity index (χ1) is 11.2. The number of amides is 1. The molecule has 1 amide bonds. The molecular weight excluding hydrogens is 296 g/mol. The van der Waals surface area contributed by atoms with Crippen LogP contribution in [-0.4, -0.2) is 38.7 Å². The minimum atomic E-state index is -0.452. The maximum absolute atomic E-state index is 12.6. The third kappa shape index (κ3) is 2.57. The summed E-state index contributed by atoms with van der Waals surface area (Å²) in [6.45, 7) is 2.25. The number of rotatable bonds is 2. The Labute approximate surface area is 132 Å². The number of H-pyrrole nitrogens is 1. The van der Waals surface area contributed by atoms with Gasteiger partial charge in [0.2, 0.25) is 5.91 Å². The van der Waals surface area contributed by atoms with E-state index in [4.69, 9.17) is 4.74 Å². The van der Waals surface area contributed by atoms with Gasteiger partial charge in [-0.1, -0.05) is 24.3 Å². The summed E-state index contributed by atoms with van der Waals surface area (Å²) in [5, 5.41) is 6.43. The average molecular weight is 314 g/mol. The zero-order chi connectivity index (χ0) is 15.8. The molecule has 4 rings (SSSR count). The Kier molecular flexibility index (Phi) is 3.49. The molecule has 3 heterocycles. The second kappa shape index (κ2) is 5.66. The second-order valence-electron chi connectivity index (χ2n) is 5.94. The zero-order valence-electron chi connectivity index (χ0n) is 12.7. The smallest absolute Gasteiger partial charge is 0.343 e. The lowest BCUT2D eigenvalue weighted by Crippen LogP contribution is -2.38. The normalized spacial score (nSPS) is 20.0. The van der Waals surface area contributed by atoms with Crippen LogP contribution in [0.2, 0.25) is 0 Å². The van der Waals surface area contributed by atoms with Gasteiger partial charge in [-0.2, -0.15) is 5.10 Å². The molecule has 0 fully saturated rings. The Morgan fingerprint density at radius 1 is 1.30 bits per heavy atom. The number of nitrogens with zero attached hydrogens (tertiary/aromatic N) is 3. The number of benzene rings is 1. The fourth-order valence-electron chi connectivity index (χ4n) is 3.30. The maximum Gasteiger partial charge on any atom is 0.343 e. The molecule has 0 aliphatic carbocycles. The lowest BCUT2D eigenvalue weighted by Gasteiger charge is -2.30. The summed E-state index contributed by atoms with van der Waals surface area (Å²) in [5.74, 6) is 0.556. The molecule has 0 saturated carbocycles. The highest BCUT2D eigenvalue weighted by atomic mass is 16.5. The van der Waals surface area contributed by atoms with E-state index in [9.17, 15) is 9.59 Å². The van der Waals surface area contributed by atoms with E-state index >= 15 is 0 Å². The van der Waals surface area contributed by atoms with E-state index in [0.29, 0.717) is 25.5 Å². The SMILES string of the molecule is O=C(CC1OCCn2c1n[nH]c2=O)N1CCc2ccccc2C1. The summed E-state index contributed by atoms with van der Waals surface area (Å²) in [7, 11) is 0. The topological polar surface area (TPSA) is 80.2 Å². The number of fused-ring (bicyclic) bond motifs is 2. The van der Waals surface area contributed by atoms with Crippen LogP contribution in [0.1, 0.15) is 29.5 Å². The van der Waals surface area contributed by atoms with E-state index in [1.54, 1.807) is 4.57 Å². The number of hydrogen-bond acceptors (Lipinski definition) is 4. The van der Waals surface area contributed by atoms with Gasteiger partial charge in [0.25, 0.3) is 0 Å². The Bertz CT molecular complexity index is 795. The fraction of sp³-hybridized carbons (Fsp3) is 0.438. The van der Waals surface area contributed by atoms with Crippen molar-refractivity contribution in [3.05, 3.63) is 51.7 Å². The third-order valence-electron chi connectivity index (χ3n) is 4.55. The largest absolute Gasteiger partial charge is 0.368 e. The quantitative estimate of drug-likeness (QED) is 0.881. The van der Waals surface area contributed by atoms with Gasteiger partial charge in [0.1, 0.15) is 6.10 Å². The Hall–Kier alpha value is -2.41. The van der Waals surface area contributed by atoms with Gasteiger partial charge in [-0.05, 0) is 17.5 Å². The van der Waals surface area contributed by atoms with Crippen LogP contribution in [0.15, 0.2) is 29.1 Å². The molecule has 1 unspecified atom stereocenters. The predicted molar refractivity (Wildman–Crippen MR) is 81.7 cm³/mol. The fourth-order valence-corrected chi connectivity index (χ4v) is 3.30. The minimum Gasteiger partial charge on any atom is -0.368 e. The zero-order valence-corrected chi connectivity index (χ0v) is 12.7. The molecule has 0 spiro atoms. The van der Waals surface area contributed by atoms with Crippen molar-refractivity contribution in [1.82, 2.24) is 19.7 Å². The maximum atomic E-state index is 12.6. The molecule has 1 aromatic heterocycles. The Balaban J connectivity index is 1.48. The summed E-state index contributed by atoms with van der Waals surface area (Å²) in [6.07, 6.45) is 0.639. The molecular formula is C16H18N4O3. The number of aromatic amines is 1. The number of aromatic nitrogens is 3. The van der Waals surface area contributed by atoms with E-state index < -0.39 is 6.10 Å². The first kappa shape index (κ1) is 14.2. The molecule has 2 aliphatic heterocycles. The van der Waals surface area contributed by atoms with Gasteiger partial charge >= 0.3 is 5.69 Å². The molecule has 1 aromatic carbocycles. The molecule has 1 N–H and O–H groups in total. The standard InChI is InChI=1S/C16H18N4O3/c21-14(19-6-5-11-3-1-2-4-12(11)10-19)9-13-15-17-18-16(22)20(15)7-8-23-13/h1-4,13H,5-10H2,(H,18,22). The van der Waals surface area contributed by atoms with E-state index in [2.05, 4.69) is 22.3 Å². The van der Waals surface area contributed by atoms with Crippen molar-refractivity contribution >= 4 is 5.91 Å². The highest BCUT2D eigenvalue weighted by molar-refractivity contribution is 5.77. The first-order valence-corrected chi connectivity index (χ1v) is 7.83. The summed E-state index contributed by atoms with van der Waals surface area (Å²) < 4.78 is 7.21. The lowest BCUT2D eigenvalue weighted by atomic mass is 9.99. The molecule has 23 heavy (non-hydrogen) atoms. The molecule has 120 valence electrons. The van der Waals surface area contributed by atoms with Crippen molar-refractivity contribution in [2.45, 2.75) is 32.0 Å². The van der Waals surface area contributed by atoms with Gasteiger partial charge in [0.15, 0.2) is 5.82 Å². The highest BCUT2D eigenvalue weighted by Gasteiger charge is 2.29. The van der Waals surface area contributed by atoms with E-state index in [-0.39, 0.29) is 18.0 Å². The van der Waals surface area contributed by atoms with E-state index in [0.717, 1.165) is 13.0 Å². The van der Waals surface area contributed by atoms with E-state index in [1.807, 2.05) is 17.0 Å². The summed E-state index contributed by atoms with van der Waals surface area (Å²) in [5.41, 5.74) is 2.27. The van der Waals surface area contributed by atoms with Gasteiger partial charge in [-0.15, -0.1) is 0 Å². The van der Waals surface area contributed by atoms with Crippen molar-refractivity contribution in [2.75, 3.05) is 13.2 Å². The highest BCUT2D eigenvalue weighted by Crippen LogP contribution is 2.25. The van der Waals surface area contributed by atoms with Crippen LogP contribution in [0.5, 0.6) is 0 Å². The van der Waals surface area contributed by atoms with Gasteiger partial charge < -0.3 is 9.64 Å². The van der Waals surface area contributed by atoms with Gasteiger partial charge in [-0.25, -0.2) is 9.89 Å². The monoisotopic (exact) mass is 314 g/mol. The number of hydrogen-bond donors (Lipinski definition) is 1. The van der Waals surface area contributed by atoms with Crippen LogP contribution < -0.4 is 5.69 Å². The molecule has 7 nitrogen and oxygen atoms in total. The van der Waals surface area contributed by atoms with Crippen molar-refractivity contribution in [3.63, 3.8) is 0 Å². The third-order valence-corrected chi connectivity index (χ3v) is 4.55. The Morgan fingerprint density at radius 3 is 3.00 bits per heavy atom. The predicted octanol–water partition coefficient (Wildman–Crippen LogP) is 0.618. The van der Waals surface area contributed by atoms with Gasteiger partial charge in [0, 0.05) is 13.1 Å². The summed E-state index contributed by atoms with van der Waals surface area (Å²) in [4.78, 5) is 26.1. The number of nitrogens with one attached hydrogen (secondary N) is 1. The van der Waals surface area contributed by atoms with Crippen molar-refractivity contribution in [3.8, 4) is 0 Å². The molecule has 1 atom stereocenters. The van der Waals surface area contributed by atoms with Crippen LogP contribution in [0.3, 0.4) is 0 Å².